The Balaban J connectivity index is 1.70. The molecule has 3 rings (SSSR count). The van der Waals surface area contributed by atoms with Gasteiger partial charge in [-0.1, -0.05) is 26.0 Å². The lowest BCUT2D eigenvalue weighted by Gasteiger charge is -2.10. The van der Waals surface area contributed by atoms with Crippen LogP contribution in [0.5, 0.6) is 0 Å². The van der Waals surface area contributed by atoms with Gasteiger partial charge in [0.05, 0.1) is 4.90 Å². The first kappa shape index (κ1) is 20.8. The topological polar surface area (TPSA) is 81.1 Å². The Hall–Kier alpha value is -2.93. The minimum Gasteiger partial charge on any atom is -0.331 e. The van der Waals surface area contributed by atoms with Gasteiger partial charge in [-0.2, -0.15) is 0 Å². The van der Waals surface area contributed by atoms with E-state index in [1.807, 2.05) is 12.1 Å². The maximum Gasteiger partial charge on any atom is 0.261 e. The lowest BCUT2D eigenvalue weighted by atomic mass is 10.0. The van der Waals surface area contributed by atoms with Crippen molar-refractivity contribution >= 4 is 21.5 Å². The largest absolute Gasteiger partial charge is 0.331 e. The Morgan fingerprint density at radius 1 is 1.07 bits per heavy atom. The van der Waals surface area contributed by atoms with Crippen molar-refractivity contribution in [1.29, 1.82) is 0 Å². The number of hydrogen-bond acceptors (Lipinski definition) is 4. The van der Waals surface area contributed by atoms with Crippen LogP contribution in [0.25, 0.3) is 0 Å². The Labute approximate surface area is 171 Å². The van der Waals surface area contributed by atoms with Crippen LogP contribution in [0.1, 0.15) is 42.0 Å². The second kappa shape index (κ2) is 8.61. The molecule has 1 heterocycles. The van der Waals surface area contributed by atoms with Gasteiger partial charge in [0.15, 0.2) is 5.82 Å². The van der Waals surface area contributed by atoms with E-state index >= 15 is 0 Å². The van der Waals surface area contributed by atoms with Crippen molar-refractivity contribution < 1.29 is 13.2 Å². The van der Waals surface area contributed by atoms with Crippen LogP contribution in [-0.4, -0.2) is 23.8 Å². The number of imidazole rings is 1. The van der Waals surface area contributed by atoms with E-state index < -0.39 is 10.0 Å². The summed E-state index contributed by atoms with van der Waals surface area (Å²) in [5, 5.41) is 0. The summed E-state index contributed by atoms with van der Waals surface area (Å²) in [6.45, 7) is 4.33. The molecule has 1 N–H and O–H groups in total. The molecule has 0 radical (unpaired) electrons. The van der Waals surface area contributed by atoms with Gasteiger partial charge >= 0.3 is 0 Å². The van der Waals surface area contributed by atoms with Gasteiger partial charge in [0.25, 0.3) is 10.0 Å². The zero-order chi connectivity index (χ0) is 21.0. The fraction of sp³-hybridized carbons (Fsp3) is 0.273. The Morgan fingerprint density at radius 3 is 2.28 bits per heavy atom. The molecule has 0 bridgehead atoms. The van der Waals surface area contributed by atoms with Crippen molar-refractivity contribution in [2.75, 3.05) is 4.72 Å². The number of sulfonamides is 1. The third-order valence-corrected chi connectivity index (χ3v) is 6.06. The zero-order valence-electron chi connectivity index (χ0n) is 16.8. The second-order valence-electron chi connectivity index (χ2n) is 7.45. The van der Waals surface area contributed by atoms with E-state index in [4.69, 9.17) is 0 Å². The van der Waals surface area contributed by atoms with E-state index in [0.29, 0.717) is 23.0 Å². The molecule has 0 saturated heterocycles. The first-order valence-electron chi connectivity index (χ1n) is 9.50. The van der Waals surface area contributed by atoms with Crippen LogP contribution in [0, 0.1) is 5.92 Å². The SMILES string of the molecule is CC(C)CCc1ccc(S(=O)(=O)Nc2ccc(C(=O)c3nccn3C)cc2)cc1. The highest BCUT2D eigenvalue weighted by Gasteiger charge is 2.16. The molecule has 0 aliphatic heterocycles. The quantitative estimate of drug-likeness (QED) is 0.567. The van der Waals surface area contributed by atoms with Gasteiger partial charge < -0.3 is 4.57 Å². The molecular weight excluding hydrogens is 386 g/mol. The lowest BCUT2D eigenvalue weighted by Crippen LogP contribution is -2.13. The van der Waals surface area contributed by atoms with Crippen LogP contribution >= 0.6 is 0 Å². The average Bonchev–Trinajstić information content (AvgIpc) is 3.12. The van der Waals surface area contributed by atoms with Crippen molar-refractivity contribution in [2.45, 2.75) is 31.6 Å². The number of ketones is 1. The Morgan fingerprint density at radius 2 is 1.72 bits per heavy atom. The average molecular weight is 412 g/mol. The summed E-state index contributed by atoms with van der Waals surface area (Å²) in [6.07, 6.45) is 5.25. The summed E-state index contributed by atoms with van der Waals surface area (Å²) in [7, 11) is -1.95. The molecule has 0 saturated carbocycles. The Kier molecular flexibility index (Phi) is 6.17. The molecule has 0 unspecified atom stereocenters. The van der Waals surface area contributed by atoms with Crippen LogP contribution in [0.15, 0.2) is 65.8 Å². The minimum atomic E-state index is -3.70. The molecule has 6 nitrogen and oxygen atoms in total. The minimum absolute atomic E-state index is 0.207. The first-order chi connectivity index (χ1) is 13.8. The molecule has 0 amide bonds. The van der Waals surface area contributed by atoms with Crippen molar-refractivity contribution in [3.63, 3.8) is 0 Å². The number of hydrogen-bond donors (Lipinski definition) is 1. The molecule has 0 spiro atoms. The lowest BCUT2D eigenvalue weighted by molar-refractivity contribution is 0.102. The van der Waals surface area contributed by atoms with Gasteiger partial charge in [0, 0.05) is 30.7 Å². The predicted molar refractivity (Wildman–Crippen MR) is 113 cm³/mol. The van der Waals surface area contributed by atoms with Crippen LogP contribution in [0.2, 0.25) is 0 Å². The summed E-state index contributed by atoms with van der Waals surface area (Å²) in [6, 6.07) is 13.3. The Bertz CT molecular complexity index is 1080. The van der Waals surface area contributed by atoms with Crippen molar-refractivity contribution in [2.24, 2.45) is 13.0 Å². The summed E-state index contributed by atoms with van der Waals surface area (Å²) >= 11 is 0. The molecule has 3 aromatic rings. The fourth-order valence-corrected chi connectivity index (χ4v) is 3.97. The number of aryl methyl sites for hydroxylation is 2. The monoisotopic (exact) mass is 411 g/mol. The smallest absolute Gasteiger partial charge is 0.261 e. The highest BCUT2D eigenvalue weighted by molar-refractivity contribution is 7.92. The maximum absolute atomic E-state index is 12.6. The third kappa shape index (κ3) is 5.12. The molecule has 2 aromatic carbocycles. The van der Waals surface area contributed by atoms with E-state index in [0.717, 1.165) is 18.4 Å². The van der Waals surface area contributed by atoms with Crippen LogP contribution < -0.4 is 4.72 Å². The molecule has 0 atom stereocenters. The summed E-state index contributed by atoms with van der Waals surface area (Å²) < 4.78 is 29.5. The number of carbonyl (C=O) groups excluding carboxylic acids is 1. The maximum atomic E-state index is 12.6. The molecule has 7 heteroatoms. The van der Waals surface area contributed by atoms with E-state index in [-0.39, 0.29) is 10.7 Å². The normalized spacial score (nSPS) is 11.6. The number of carbonyl (C=O) groups is 1. The van der Waals surface area contributed by atoms with Crippen LogP contribution in [0.4, 0.5) is 5.69 Å². The number of nitrogens with one attached hydrogen (secondary N) is 1. The van der Waals surface area contributed by atoms with E-state index in [9.17, 15) is 13.2 Å². The van der Waals surface area contributed by atoms with Gasteiger partial charge in [-0.15, -0.1) is 0 Å². The van der Waals surface area contributed by atoms with Crippen LogP contribution in [0.3, 0.4) is 0 Å². The molecule has 0 aliphatic carbocycles. The fourth-order valence-electron chi connectivity index (χ4n) is 2.91. The van der Waals surface area contributed by atoms with Crippen molar-refractivity contribution in [3.8, 4) is 0 Å². The summed E-state index contributed by atoms with van der Waals surface area (Å²) in [4.78, 5) is 16.7. The van der Waals surface area contributed by atoms with E-state index in [1.54, 1.807) is 60.4 Å². The molecule has 152 valence electrons. The predicted octanol–water partition coefficient (Wildman–Crippen LogP) is 4.04. The van der Waals surface area contributed by atoms with E-state index in [2.05, 4.69) is 23.6 Å². The number of nitrogens with zero attached hydrogens (tertiary/aromatic N) is 2. The molecule has 0 aliphatic rings. The molecular formula is C22H25N3O3S. The number of aromatic nitrogens is 2. The van der Waals surface area contributed by atoms with Crippen LogP contribution in [-0.2, 0) is 23.5 Å². The number of benzene rings is 2. The molecule has 0 fully saturated rings. The zero-order valence-corrected chi connectivity index (χ0v) is 17.6. The second-order valence-corrected chi connectivity index (χ2v) is 9.13. The number of rotatable bonds is 8. The summed E-state index contributed by atoms with van der Waals surface area (Å²) in [5.41, 5.74) is 1.96. The molecule has 29 heavy (non-hydrogen) atoms. The van der Waals surface area contributed by atoms with Gasteiger partial charge in [0.1, 0.15) is 0 Å². The number of anilines is 1. The highest BCUT2D eigenvalue weighted by Crippen LogP contribution is 2.19. The van der Waals surface area contributed by atoms with Crippen molar-refractivity contribution in [3.05, 3.63) is 77.9 Å². The van der Waals surface area contributed by atoms with Crippen molar-refractivity contribution in [1.82, 2.24) is 9.55 Å². The first-order valence-corrected chi connectivity index (χ1v) is 11.0. The molecule has 1 aromatic heterocycles. The van der Waals surface area contributed by atoms with Gasteiger partial charge in [-0.3, -0.25) is 9.52 Å². The third-order valence-electron chi connectivity index (χ3n) is 4.67. The highest BCUT2D eigenvalue weighted by atomic mass is 32.2. The summed E-state index contributed by atoms with van der Waals surface area (Å²) in [5.74, 6) is 0.715. The van der Waals surface area contributed by atoms with Gasteiger partial charge in [-0.25, -0.2) is 13.4 Å². The van der Waals surface area contributed by atoms with Gasteiger partial charge in [-0.05, 0) is 60.7 Å². The van der Waals surface area contributed by atoms with Gasteiger partial charge in [0.2, 0.25) is 5.78 Å². The van der Waals surface area contributed by atoms with E-state index in [1.165, 1.54) is 0 Å². The standard InChI is InChI=1S/C22H25N3O3S/c1-16(2)4-5-17-6-12-20(13-7-17)29(27,28)24-19-10-8-18(9-11-19)21(26)22-23-14-15-25(22)3/h6-16,24H,4-5H2,1-3H3.